The number of benzene rings is 3. The van der Waals surface area contributed by atoms with Gasteiger partial charge in [-0.25, -0.2) is 5.01 Å². The van der Waals surface area contributed by atoms with Crippen molar-refractivity contribution in [3.05, 3.63) is 81.4 Å². The van der Waals surface area contributed by atoms with Crippen molar-refractivity contribution in [3.63, 3.8) is 0 Å². The lowest BCUT2D eigenvalue weighted by Crippen LogP contribution is -2.39. The van der Waals surface area contributed by atoms with Crippen LogP contribution in [0.2, 0.25) is 0 Å². The second-order valence-electron chi connectivity index (χ2n) is 7.65. The topological polar surface area (TPSA) is 125 Å². The summed E-state index contributed by atoms with van der Waals surface area (Å²) in [6.07, 6.45) is 0.791. The number of amides is 1. The van der Waals surface area contributed by atoms with E-state index in [2.05, 4.69) is 10.4 Å². The number of fused-ring (bicyclic) bond motifs is 3. The van der Waals surface area contributed by atoms with Crippen LogP contribution in [0.25, 0.3) is 0 Å². The van der Waals surface area contributed by atoms with E-state index in [-0.39, 0.29) is 24.8 Å². The van der Waals surface area contributed by atoms with Gasteiger partial charge in [0.15, 0.2) is 29.2 Å². The van der Waals surface area contributed by atoms with Crippen LogP contribution >= 0.6 is 0 Å². The van der Waals surface area contributed by atoms with Crippen LogP contribution in [0.15, 0.2) is 59.7 Å². The Balaban J connectivity index is 1.40. The van der Waals surface area contributed by atoms with Gasteiger partial charge in [0.2, 0.25) is 13.6 Å². The van der Waals surface area contributed by atoms with E-state index in [1.807, 2.05) is 0 Å². The van der Waals surface area contributed by atoms with Gasteiger partial charge in [-0.3, -0.25) is 14.9 Å². The Labute approximate surface area is 192 Å². The molecule has 3 aliphatic heterocycles. The van der Waals surface area contributed by atoms with E-state index in [0.717, 1.165) is 0 Å². The SMILES string of the molecule is O=C1c2ccc([N+](=O)[O-])cc2N[C@H](c2ccc3c(c2)OCO3)N1/N=C\c1ccc2c(c1)OCO2. The summed E-state index contributed by atoms with van der Waals surface area (Å²) in [5, 5.41) is 20.2. The number of carbonyl (C=O) groups excluding carboxylic acids is 1. The van der Waals surface area contributed by atoms with Crippen LogP contribution in [0.5, 0.6) is 23.0 Å². The number of rotatable bonds is 4. The smallest absolute Gasteiger partial charge is 0.278 e. The lowest BCUT2D eigenvalue weighted by molar-refractivity contribution is -0.384. The third kappa shape index (κ3) is 3.30. The summed E-state index contributed by atoms with van der Waals surface area (Å²) >= 11 is 0. The number of hydrogen-bond donors (Lipinski definition) is 1. The van der Waals surface area contributed by atoms with Gasteiger partial charge in [0, 0.05) is 17.7 Å². The van der Waals surface area contributed by atoms with Gasteiger partial charge in [0.1, 0.15) is 0 Å². The standard InChI is InChI=1S/C23H16N4O7/c28-23-16-4-3-15(27(29)30)9-17(16)25-22(14-2-6-19-21(8-14)34-12-32-19)26(23)24-10-13-1-5-18-20(7-13)33-11-31-18/h1-10,22,25H,11-12H2/b24-10-/t22-/m0/s1. The predicted molar refractivity (Wildman–Crippen MR) is 118 cm³/mol. The predicted octanol–water partition coefficient (Wildman–Crippen LogP) is 3.65. The molecule has 11 heteroatoms. The molecule has 0 spiro atoms. The zero-order chi connectivity index (χ0) is 23.2. The molecule has 11 nitrogen and oxygen atoms in total. The van der Waals surface area contributed by atoms with Crippen molar-refractivity contribution in [1.29, 1.82) is 0 Å². The van der Waals surface area contributed by atoms with Crippen LogP contribution in [-0.4, -0.2) is 35.6 Å². The minimum absolute atomic E-state index is 0.108. The average Bonchev–Trinajstić information content (AvgIpc) is 3.51. The molecule has 3 aromatic carbocycles. The van der Waals surface area contributed by atoms with Gasteiger partial charge in [0.25, 0.3) is 11.6 Å². The van der Waals surface area contributed by atoms with Gasteiger partial charge in [-0.1, -0.05) is 6.07 Å². The Hall–Kier alpha value is -4.80. The van der Waals surface area contributed by atoms with Crippen LogP contribution in [-0.2, 0) is 0 Å². The highest BCUT2D eigenvalue weighted by molar-refractivity contribution is 6.02. The first-order valence-electron chi connectivity index (χ1n) is 10.3. The Bertz CT molecular complexity index is 1370. The van der Waals surface area contributed by atoms with Crippen molar-refractivity contribution >= 4 is 23.5 Å². The maximum absolute atomic E-state index is 13.4. The van der Waals surface area contributed by atoms with Crippen LogP contribution < -0.4 is 24.3 Å². The zero-order valence-corrected chi connectivity index (χ0v) is 17.5. The summed E-state index contributed by atoms with van der Waals surface area (Å²) < 4.78 is 21.6. The number of nitrogens with one attached hydrogen (secondary N) is 1. The first-order valence-corrected chi connectivity index (χ1v) is 10.3. The molecule has 0 radical (unpaired) electrons. The maximum Gasteiger partial charge on any atom is 0.278 e. The summed E-state index contributed by atoms with van der Waals surface area (Å²) in [6, 6.07) is 14.7. The molecule has 0 bridgehead atoms. The summed E-state index contributed by atoms with van der Waals surface area (Å²) in [6.45, 7) is 0.260. The number of nitrogens with zero attached hydrogens (tertiary/aromatic N) is 3. The normalized spacial score (nSPS) is 17.6. The van der Waals surface area contributed by atoms with Crippen molar-refractivity contribution in [3.8, 4) is 23.0 Å². The van der Waals surface area contributed by atoms with Gasteiger partial charge in [-0.15, -0.1) is 0 Å². The summed E-state index contributed by atoms with van der Waals surface area (Å²) in [4.78, 5) is 24.2. The van der Waals surface area contributed by atoms with Crippen LogP contribution in [0.1, 0.15) is 27.7 Å². The fourth-order valence-corrected chi connectivity index (χ4v) is 3.95. The van der Waals surface area contributed by atoms with Crippen molar-refractivity contribution < 1.29 is 28.7 Å². The van der Waals surface area contributed by atoms with Crippen molar-refractivity contribution in [2.75, 3.05) is 18.9 Å². The molecule has 0 aromatic heterocycles. The Morgan fingerprint density at radius 3 is 2.41 bits per heavy atom. The Morgan fingerprint density at radius 2 is 1.65 bits per heavy atom. The van der Waals surface area contributed by atoms with Gasteiger partial charge in [-0.2, -0.15) is 5.10 Å². The van der Waals surface area contributed by atoms with Crippen molar-refractivity contribution in [1.82, 2.24) is 5.01 Å². The molecule has 0 saturated heterocycles. The van der Waals surface area contributed by atoms with Gasteiger partial charge in [-0.05, 0) is 42.0 Å². The van der Waals surface area contributed by atoms with E-state index >= 15 is 0 Å². The fraction of sp³-hybridized carbons (Fsp3) is 0.130. The van der Waals surface area contributed by atoms with Crippen LogP contribution in [0.3, 0.4) is 0 Å². The Morgan fingerprint density at radius 1 is 0.941 bits per heavy atom. The molecule has 34 heavy (non-hydrogen) atoms. The summed E-state index contributed by atoms with van der Waals surface area (Å²) in [5.41, 5.74) is 1.86. The third-order valence-corrected chi connectivity index (χ3v) is 5.63. The molecule has 1 atom stereocenters. The van der Waals surface area contributed by atoms with Crippen molar-refractivity contribution in [2.45, 2.75) is 6.17 Å². The first-order chi connectivity index (χ1) is 16.6. The maximum atomic E-state index is 13.4. The molecule has 6 rings (SSSR count). The number of hydrazone groups is 1. The van der Waals surface area contributed by atoms with E-state index < -0.39 is 17.0 Å². The molecule has 0 saturated carbocycles. The average molecular weight is 460 g/mol. The molecular weight excluding hydrogens is 444 g/mol. The Kier molecular flexibility index (Phi) is 4.47. The van der Waals surface area contributed by atoms with Gasteiger partial charge in [0.05, 0.1) is 22.4 Å². The van der Waals surface area contributed by atoms with E-state index in [9.17, 15) is 14.9 Å². The van der Waals surface area contributed by atoms with E-state index in [0.29, 0.717) is 39.8 Å². The number of non-ortho nitro benzene ring substituents is 1. The molecule has 1 N–H and O–H groups in total. The molecule has 3 aromatic rings. The number of nitro benzene ring substituents is 1. The van der Waals surface area contributed by atoms with Crippen LogP contribution in [0, 0.1) is 10.1 Å². The number of anilines is 1. The van der Waals surface area contributed by atoms with Gasteiger partial charge < -0.3 is 24.3 Å². The molecular formula is C23H16N4O7. The van der Waals surface area contributed by atoms with E-state index in [1.165, 1.54) is 29.4 Å². The zero-order valence-electron chi connectivity index (χ0n) is 17.5. The monoisotopic (exact) mass is 460 g/mol. The number of nitro groups is 1. The fourth-order valence-electron chi connectivity index (χ4n) is 3.95. The molecule has 0 aliphatic carbocycles. The summed E-state index contributed by atoms with van der Waals surface area (Å²) in [7, 11) is 0. The second-order valence-corrected chi connectivity index (χ2v) is 7.65. The molecule has 170 valence electrons. The number of hydrogen-bond acceptors (Lipinski definition) is 9. The highest BCUT2D eigenvalue weighted by atomic mass is 16.7. The molecule has 0 unspecified atom stereocenters. The van der Waals surface area contributed by atoms with E-state index in [1.54, 1.807) is 36.4 Å². The number of carbonyl (C=O) groups is 1. The van der Waals surface area contributed by atoms with Gasteiger partial charge >= 0.3 is 0 Å². The minimum Gasteiger partial charge on any atom is -0.454 e. The first kappa shape index (κ1) is 19.9. The molecule has 1 amide bonds. The molecule has 3 heterocycles. The largest absolute Gasteiger partial charge is 0.454 e. The quantitative estimate of drug-likeness (QED) is 0.355. The van der Waals surface area contributed by atoms with Crippen molar-refractivity contribution in [2.24, 2.45) is 5.10 Å². The lowest BCUT2D eigenvalue weighted by atomic mass is 10.0. The molecule has 0 fully saturated rings. The lowest BCUT2D eigenvalue weighted by Gasteiger charge is -2.34. The number of ether oxygens (including phenoxy) is 4. The highest BCUT2D eigenvalue weighted by Gasteiger charge is 2.35. The minimum atomic E-state index is -0.748. The van der Waals surface area contributed by atoms with E-state index in [4.69, 9.17) is 18.9 Å². The second kappa shape index (κ2) is 7.66. The molecule has 3 aliphatic rings. The third-order valence-electron chi connectivity index (χ3n) is 5.63. The van der Waals surface area contributed by atoms with Crippen LogP contribution in [0.4, 0.5) is 11.4 Å². The highest BCUT2D eigenvalue weighted by Crippen LogP contribution is 2.40. The summed E-state index contributed by atoms with van der Waals surface area (Å²) in [5.74, 6) is 1.95.